The summed E-state index contributed by atoms with van der Waals surface area (Å²) in [5.74, 6) is 0.546. The molecular weight excluding hydrogens is 384 g/mol. The Morgan fingerprint density at radius 2 is 1.48 bits per heavy atom. The van der Waals surface area contributed by atoms with Crippen LogP contribution in [-0.2, 0) is 4.79 Å². The molecule has 1 aliphatic rings. The van der Waals surface area contributed by atoms with Crippen LogP contribution in [0.1, 0.15) is 11.1 Å². The SMILES string of the molecule is COc1ccc2ccccc2c1/C=C1\C(=O)N(c2ccccc2)N=C1c1ccccc1. The Balaban J connectivity index is 1.72. The monoisotopic (exact) mass is 404 g/mol. The largest absolute Gasteiger partial charge is 0.496 e. The number of hydrogen-bond acceptors (Lipinski definition) is 3. The van der Waals surface area contributed by atoms with Gasteiger partial charge in [0, 0.05) is 11.1 Å². The van der Waals surface area contributed by atoms with E-state index in [4.69, 9.17) is 9.84 Å². The summed E-state index contributed by atoms with van der Waals surface area (Å²) in [7, 11) is 1.64. The standard InChI is InChI=1S/C27H20N2O2/c1-31-25-17-16-19-10-8-9-15-22(19)23(25)18-24-26(20-11-4-2-5-12-20)28-29(27(24)30)21-13-6-3-7-14-21/h2-18H,1H3/b24-18-. The van der Waals surface area contributed by atoms with E-state index in [0.717, 1.165) is 27.6 Å². The van der Waals surface area contributed by atoms with Crippen molar-refractivity contribution in [3.63, 3.8) is 0 Å². The van der Waals surface area contributed by atoms with Crippen LogP contribution in [0.3, 0.4) is 0 Å². The third-order valence-electron chi connectivity index (χ3n) is 5.37. The smallest absolute Gasteiger partial charge is 0.281 e. The van der Waals surface area contributed by atoms with Gasteiger partial charge in [-0.15, -0.1) is 0 Å². The van der Waals surface area contributed by atoms with Crippen molar-refractivity contribution in [2.75, 3.05) is 12.1 Å². The van der Waals surface area contributed by atoms with E-state index >= 15 is 0 Å². The average molecular weight is 404 g/mol. The lowest BCUT2D eigenvalue weighted by Crippen LogP contribution is -2.21. The number of para-hydroxylation sites is 1. The fourth-order valence-electron chi connectivity index (χ4n) is 3.85. The molecule has 0 radical (unpaired) electrons. The minimum atomic E-state index is -0.167. The van der Waals surface area contributed by atoms with Crippen LogP contribution in [0.2, 0.25) is 0 Å². The molecule has 4 nitrogen and oxygen atoms in total. The first-order valence-corrected chi connectivity index (χ1v) is 10.1. The highest BCUT2D eigenvalue weighted by Crippen LogP contribution is 2.33. The first kappa shape index (κ1) is 18.8. The lowest BCUT2D eigenvalue weighted by atomic mass is 9.97. The van der Waals surface area contributed by atoms with Crippen LogP contribution in [0.15, 0.2) is 108 Å². The molecule has 4 aromatic carbocycles. The van der Waals surface area contributed by atoms with Gasteiger partial charge in [0.15, 0.2) is 0 Å². The predicted molar refractivity (Wildman–Crippen MR) is 125 cm³/mol. The van der Waals surface area contributed by atoms with Crippen LogP contribution in [0.4, 0.5) is 5.69 Å². The van der Waals surface area contributed by atoms with Gasteiger partial charge in [-0.3, -0.25) is 4.79 Å². The molecule has 1 aliphatic heterocycles. The van der Waals surface area contributed by atoms with E-state index in [1.54, 1.807) is 7.11 Å². The maximum atomic E-state index is 13.5. The molecule has 4 heteroatoms. The lowest BCUT2D eigenvalue weighted by molar-refractivity contribution is -0.114. The van der Waals surface area contributed by atoms with Crippen molar-refractivity contribution >= 4 is 34.2 Å². The Kier molecular flexibility index (Phi) is 4.81. The van der Waals surface area contributed by atoms with E-state index in [-0.39, 0.29) is 5.91 Å². The summed E-state index contributed by atoms with van der Waals surface area (Å²) in [6.45, 7) is 0. The zero-order valence-corrected chi connectivity index (χ0v) is 17.0. The van der Waals surface area contributed by atoms with Gasteiger partial charge < -0.3 is 4.74 Å². The van der Waals surface area contributed by atoms with Crippen molar-refractivity contribution in [3.8, 4) is 5.75 Å². The summed E-state index contributed by atoms with van der Waals surface area (Å²) in [6, 6.07) is 31.3. The van der Waals surface area contributed by atoms with Gasteiger partial charge in [-0.25, -0.2) is 0 Å². The Bertz CT molecular complexity index is 1330. The number of fused-ring (bicyclic) bond motifs is 1. The van der Waals surface area contributed by atoms with Crippen molar-refractivity contribution < 1.29 is 9.53 Å². The van der Waals surface area contributed by atoms with Gasteiger partial charge >= 0.3 is 0 Å². The molecule has 0 bridgehead atoms. The Morgan fingerprint density at radius 1 is 0.806 bits per heavy atom. The van der Waals surface area contributed by atoms with Gasteiger partial charge in [-0.1, -0.05) is 78.9 Å². The van der Waals surface area contributed by atoms with E-state index in [1.807, 2.05) is 97.1 Å². The molecule has 0 unspecified atom stereocenters. The number of carbonyl (C=O) groups excluding carboxylic acids is 1. The second-order valence-electron chi connectivity index (χ2n) is 7.23. The molecule has 0 atom stereocenters. The summed E-state index contributed by atoms with van der Waals surface area (Å²) >= 11 is 0. The van der Waals surface area contributed by atoms with Gasteiger partial charge in [0.2, 0.25) is 0 Å². The van der Waals surface area contributed by atoms with Crippen LogP contribution < -0.4 is 9.75 Å². The number of nitrogens with zero attached hydrogens (tertiary/aromatic N) is 2. The fourth-order valence-corrected chi connectivity index (χ4v) is 3.85. The van der Waals surface area contributed by atoms with Gasteiger partial charge in [-0.2, -0.15) is 10.1 Å². The minimum Gasteiger partial charge on any atom is -0.496 e. The number of rotatable bonds is 4. The molecule has 1 heterocycles. The van der Waals surface area contributed by atoms with Gasteiger partial charge in [-0.05, 0) is 35.0 Å². The molecule has 0 N–H and O–H groups in total. The maximum Gasteiger partial charge on any atom is 0.281 e. The number of methoxy groups -OCH3 is 1. The summed E-state index contributed by atoms with van der Waals surface area (Å²) in [6.07, 6.45) is 1.90. The third kappa shape index (κ3) is 3.38. The fraction of sp³-hybridized carbons (Fsp3) is 0.0370. The Hall–Kier alpha value is -4.18. The van der Waals surface area contributed by atoms with Crippen LogP contribution in [-0.4, -0.2) is 18.7 Å². The topological polar surface area (TPSA) is 41.9 Å². The van der Waals surface area contributed by atoms with E-state index in [9.17, 15) is 4.79 Å². The highest BCUT2D eigenvalue weighted by molar-refractivity contribution is 6.37. The molecule has 1 amide bonds. The van der Waals surface area contributed by atoms with E-state index in [0.29, 0.717) is 17.0 Å². The maximum absolute atomic E-state index is 13.5. The Labute approximate surface area is 180 Å². The number of amides is 1. The second kappa shape index (κ2) is 7.92. The molecule has 4 aromatic rings. The normalized spacial score (nSPS) is 14.9. The molecule has 0 spiro atoms. The van der Waals surface area contributed by atoms with Gasteiger partial charge in [0.1, 0.15) is 11.5 Å². The average Bonchev–Trinajstić information content (AvgIpc) is 3.16. The van der Waals surface area contributed by atoms with Crippen molar-refractivity contribution in [1.82, 2.24) is 0 Å². The van der Waals surface area contributed by atoms with Crippen molar-refractivity contribution in [1.29, 1.82) is 0 Å². The highest BCUT2D eigenvalue weighted by Gasteiger charge is 2.32. The highest BCUT2D eigenvalue weighted by atomic mass is 16.5. The number of ether oxygens (including phenoxy) is 1. The summed E-state index contributed by atoms with van der Waals surface area (Å²) < 4.78 is 5.64. The molecule has 0 fully saturated rings. The van der Waals surface area contributed by atoms with Crippen LogP contribution in [0.5, 0.6) is 5.75 Å². The Morgan fingerprint density at radius 3 is 2.23 bits per heavy atom. The lowest BCUT2D eigenvalue weighted by Gasteiger charge is -2.12. The summed E-state index contributed by atoms with van der Waals surface area (Å²) in [5.41, 5.74) is 3.66. The molecule has 0 saturated carbocycles. The van der Waals surface area contributed by atoms with Crippen molar-refractivity contribution in [3.05, 3.63) is 114 Å². The summed E-state index contributed by atoms with van der Waals surface area (Å²) in [5, 5.41) is 8.28. The zero-order chi connectivity index (χ0) is 21.2. The number of hydrazone groups is 1. The van der Waals surface area contributed by atoms with Gasteiger partial charge in [0.25, 0.3) is 5.91 Å². The van der Waals surface area contributed by atoms with E-state index < -0.39 is 0 Å². The van der Waals surface area contributed by atoms with Gasteiger partial charge in [0.05, 0.1) is 18.4 Å². The zero-order valence-electron chi connectivity index (χ0n) is 17.0. The number of hydrogen-bond donors (Lipinski definition) is 0. The van der Waals surface area contributed by atoms with Crippen molar-refractivity contribution in [2.24, 2.45) is 5.10 Å². The minimum absolute atomic E-state index is 0.167. The molecule has 0 aromatic heterocycles. The van der Waals surface area contributed by atoms with Crippen LogP contribution >= 0.6 is 0 Å². The van der Waals surface area contributed by atoms with Crippen LogP contribution in [0.25, 0.3) is 16.8 Å². The van der Waals surface area contributed by atoms with Crippen LogP contribution in [0, 0.1) is 0 Å². The quantitative estimate of drug-likeness (QED) is 0.411. The van der Waals surface area contributed by atoms with E-state index in [1.165, 1.54) is 5.01 Å². The number of anilines is 1. The molecule has 150 valence electrons. The molecule has 0 aliphatic carbocycles. The molecular formula is C27H20N2O2. The molecule has 31 heavy (non-hydrogen) atoms. The van der Waals surface area contributed by atoms with Crippen molar-refractivity contribution in [2.45, 2.75) is 0 Å². The first-order valence-electron chi connectivity index (χ1n) is 10.1. The first-order chi connectivity index (χ1) is 15.3. The summed E-state index contributed by atoms with van der Waals surface area (Å²) in [4.78, 5) is 13.5. The number of carbonyl (C=O) groups is 1. The molecule has 0 saturated heterocycles. The predicted octanol–water partition coefficient (Wildman–Crippen LogP) is 5.68. The second-order valence-corrected chi connectivity index (χ2v) is 7.23. The third-order valence-corrected chi connectivity index (χ3v) is 5.37. The number of benzene rings is 4. The molecule has 5 rings (SSSR count). The van der Waals surface area contributed by atoms with E-state index in [2.05, 4.69) is 6.07 Å².